The summed E-state index contributed by atoms with van der Waals surface area (Å²) in [7, 11) is 0. The summed E-state index contributed by atoms with van der Waals surface area (Å²) in [6.07, 6.45) is 75.5. The highest BCUT2D eigenvalue weighted by Gasteiger charge is 2.19. The van der Waals surface area contributed by atoms with E-state index < -0.39 is 6.10 Å². The van der Waals surface area contributed by atoms with Crippen LogP contribution in [-0.4, -0.2) is 37.2 Å². The van der Waals surface area contributed by atoms with E-state index >= 15 is 0 Å². The third-order valence-corrected chi connectivity index (χ3v) is 14.1. The third kappa shape index (κ3) is 58.3. The second-order valence-electron chi connectivity index (χ2n) is 21.3. The molecule has 1 atom stereocenters. The zero-order valence-corrected chi connectivity index (χ0v) is 48.2. The van der Waals surface area contributed by atoms with Gasteiger partial charge in [-0.3, -0.25) is 14.4 Å². The molecule has 0 radical (unpaired) electrons. The standard InChI is InChI=1S/C66H120O6/c1-4-7-10-13-16-19-21-23-25-27-29-30-31-32-33-34-35-36-37-39-40-42-44-47-50-53-56-59-65(68)71-62-63(61-70-64(67)58-55-52-49-46-18-15-12-9-6-3)72-66(69)60-57-54-51-48-45-43-41-38-28-26-24-22-20-17-14-11-8-5-2/h21,23,26-29,31-32,63H,4-20,22,24-25,30,33-62H2,1-3H3/b23-21-,28-26-,29-27-,32-31-. The lowest BCUT2D eigenvalue weighted by atomic mass is 10.0. The molecule has 0 aliphatic rings. The van der Waals surface area contributed by atoms with Gasteiger partial charge in [-0.2, -0.15) is 0 Å². The lowest BCUT2D eigenvalue weighted by Crippen LogP contribution is -2.30. The van der Waals surface area contributed by atoms with Gasteiger partial charge in [0.25, 0.3) is 0 Å². The first-order valence-corrected chi connectivity index (χ1v) is 31.6. The van der Waals surface area contributed by atoms with Crippen LogP contribution in [0.3, 0.4) is 0 Å². The highest BCUT2D eigenvalue weighted by Crippen LogP contribution is 2.17. The first-order chi connectivity index (χ1) is 35.5. The van der Waals surface area contributed by atoms with Crippen LogP contribution in [-0.2, 0) is 28.6 Å². The number of esters is 3. The molecule has 0 spiro atoms. The second-order valence-corrected chi connectivity index (χ2v) is 21.3. The molecular weight excluding hydrogens is 889 g/mol. The fourth-order valence-corrected chi connectivity index (χ4v) is 9.27. The summed E-state index contributed by atoms with van der Waals surface area (Å²) in [6.45, 7) is 6.64. The van der Waals surface area contributed by atoms with Gasteiger partial charge in [0.2, 0.25) is 0 Å². The van der Waals surface area contributed by atoms with Gasteiger partial charge in [-0.15, -0.1) is 0 Å². The number of ether oxygens (including phenoxy) is 3. The van der Waals surface area contributed by atoms with Gasteiger partial charge in [0.15, 0.2) is 6.10 Å². The summed E-state index contributed by atoms with van der Waals surface area (Å²) < 4.78 is 16.9. The lowest BCUT2D eigenvalue weighted by Gasteiger charge is -2.18. The van der Waals surface area contributed by atoms with Crippen molar-refractivity contribution >= 4 is 17.9 Å². The Morgan fingerprint density at radius 3 is 0.792 bits per heavy atom. The van der Waals surface area contributed by atoms with Crippen LogP contribution >= 0.6 is 0 Å². The van der Waals surface area contributed by atoms with Crippen molar-refractivity contribution in [3.8, 4) is 0 Å². The minimum Gasteiger partial charge on any atom is -0.462 e. The minimum atomic E-state index is -0.773. The number of allylic oxidation sites excluding steroid dienone is 8. The van der Waals surface area contributed by atoms with E-state index in [0.717, 1.165) is 70.6 Å². The summed E-state index contributed by atoms with van der Waals surface area (Å²) >= 11 is 0. The van der Waals surface area contributed by atoms with Gasteiger partial charge in [-0.1, -0.05) is 281 Å². The molecule has 1 unspecified atom stereocenters. The molecule has 0 aromatic carbocycles. The van der Waals surface area contributed by atoms with E-state index in [1.54, 1.807) is 0 Å². The highest BCUT2D eigenvalue weighted by atomic mass is 16.6. The molecule has 72 heavy (non-hydrogen) atoms. The molecule has 6 heteroatoms. The smallest absolute Gasteiger partial charge is 0.306 e. The van der Waals surface area contributed by atoms with E-state index in [-0.39, 0.29) is 31.1 Å². The fraction of sp³-hybridized carbons (Fsp3) is 0.833. The summed E-state index contributed by atoms with van der Waals surface area (Å²) in [5, 5.41) is 0. The first kappa shape index (κ1) is 69.4. The SMILES string of the molecule is CCCCCCC/C=C\C/C=C\C/C=C\CCCCCCCCCCCCCCC(=O)OCC(COC(=O)CCCCCCCCCCC)OC(=O)CCCCCCCCC/C=C\CCCCCCCCC. The Morgan fingerprint density at radius 1 is 0.278 bits per heavy atom. The van der Waals surface area contributed by atoms with Gasteiger partial charge in [0.05, 0.1) is 0 Å². The van der Waals surface area contributed by atoms with E-state index in [2.05, 4.69) is 69.4 Å². The Kier molecular flexibility index (Phi) is 58.7. The highest BCUT2D eigenvalue weighted by molar-refractivity contribution is 5.71. The van der Waals surface area contributed by atoms with Crippen LogP contribution in [0.5, 0.6) is 0 Å². The molecule has 420 valence electrons. The van der Waals surface area contributed by atoms with Crippen LogP contribution in [0.15, 0.2) is 48.6 Å². The Morgan fingerprint density at radius 2 is 0.500 bits per heavy atom. The van der Waals surface area contributed by atoms with Crippen molar-refractivity contribution in [2.45, 2.75) is 341 Å². The van der Waals surface area contributed by atoms with Crippen molar-refractivity contribution in [1.29, 1.82) is 0 Å². The minimum absolute atomic E-state index is 0.0719. The average molecular weight is 1010 g/mol. The van der Waals surface area contributed by atoms with Gasteiger partial charge in [-0.05, 0) is 83.5 Å². The van der Waals surface area contributed by atoms with Gasteiger partial charge < -0.3 is 14.2 Å². The maximum absolute atomic E-state index is 12.9. The van der Waals surface area contributed by atoms with Crippen molar-refractivity contribution < 1.29 is 28.6 Å². The molecule has 0 N–H and O–H groups in total. The predicted octanol–water partition coefficient (Wildman–Crippen LogP) is 21.4. The van der Waals surface area contributed by atoms with Crippen molar-refractivity contribution in [2.24, 2.45) is 0 Å². The number of carbonyl (C=O) groups is 3. The molecule has 0 aliphatic heterocycles. The van der Waals surface area contributed by atoms with Crippen LogP contribution in [0.2, 0.25) is 0 Å². The Bertz CT molecular complexity index is 1250. The van der Waals surface area contributed by atoms with Crippen LogP contribution in [0, 0.1) is 0 Å². The summed E-state index contributed by atoms with van der Waals surface area (Å²) in [5.41, 5.74) is 0. The third-order valence-electron chi connectivity index (χ3n) is 14.1. The number of hydrogen-bond acceptors (Lipinski definition) is 6. The number of hydrogen-bond donors (Lipinski definition) is 0. The monoisotopic (exact) mass is 1010 g/mol. The molecular formula is C66H120O6. The predicted molar refractivity (Wildman–Crippen MR) is 312 cm³/mol. The zero-order valence-electron chi connectivity index (χ0n) is 48.2. The van der Waals surface area contributed by atoms with E-state index in [1.807, 2.05) is 0 Å². The maximum atomic E-state index is 12.9. The summed E-state index contributed by atoms with van der Waals surface area (Å²) in [5.74, 6) is -0.864. The Labute approximate surface area is 448 Å². The largest absolute Gasteiger partial charge is 0.462 e. The average Bonchev–Trinajstić information content (AvgIpc) is 3.38. The normalized spacial score (nSPS) is 12.3. The van der Waals surface area contributed by atoms with Crippen LogP contribution in [0.4, 0.5) is 0 Å². The molecule has 6 nitrogen and oxygen atoms in total. The Hall–Kier alpha value is -2.63. The molecule has 0 aromatic heterocycles. The quantitative estimate of drug-likeness (QED) is 0.0261. The molecule has 0 heterocycles. The van der Waals surface area contributed by atoms with Crippen LogP contribution in [0.25, 0.3) is 0 Å². The zero-order chi connectivity index (χ0) is 52.2. The molecule has 0 aliphatic carbocycles. The van der Waals surface area contributed by atoms with Crippen molar-refractivity contribution in [2.75, 3.05) is 13.2 Å². The molecule has 0 rings (SSSR count). The van der Waals surface area contributed by atoms with E-state index in [1.165, 1.54) is 225 Å². The fourth-order valence-electron chi connectivity index (χ4n) is 9.27. The molecule has 0 saturated carbocycles. The number of rotatable bonds is 58. The van der Waals surface area contributed by atoms with Crippen LogP contribution < -0.4 is 0 Å². The van der Waals surface area contributed by atoms with Crippen molar-refractivity contribution in [1.82, 2.24) is 0 Å². The van der Waals surface area contributed by atoms with E-state index in [0.29, 0.717) is 19.3 Å². The number of carbonyl (C=O) groups excluding carboxylic acids is 3. The molecule has 0 aromatic rings. The second kappa shape index (κ2) is 60.9. The van der Waals surface area contributed by atoms with E-state index in [4.69, 9.17) is 14.2 Å². The first-order valence-electron chi connectivity index (χ1n) is 31.6. The van der Waals surface area contributed by atoms with Crippen LogP contribution in [0.1, 0.15) is 335 Å². The summed E-state index contributed by atoms with van der Waals surface area (Å²) in [4.78, 5) is 38.1. The summed E-state index contributed by atoms with van der Waals surface area (Å²) in [6, 6.07) is 0. The van der Waals surface area contributed by atoms with Gasteiger partial charge >= 0.3 is 17.9 Å². The molecule has 0 saturated heterocycles. The topological polar surface area (TPSA) is 78.9 Å². The maximum Gasteiger partial charge on any atom is 0.306 e. The molecule has 0 amide bonds. The molecule has 0 fully saturated rings. The Balaban J connectivity index is 4.17. The van der Waals surface area contributed by atoms with Crippen molar-refractivity contribution in [3.63, 3.8) is 0 Å². The molecule has 0 bridgehead atoms. The van der Waals surface area contributed by atoms with Gasteiger partial charge in [0.1, 0.15) is 13.2 Å². The van der Waals surface area contributed by atoms with Gasteiger partial charge in [-0.25, -0.2) is 0 Å². The van der Waals surface area contributed by atoms with E-state index in [9.17, 15) is 14.4 Å². The van der Waals surface area contributed by atoms with Gasteiger partial charge in [0, 0.05) is 19.3 Å². The lowest BCUT2D eigenvalue weighted by molar-refractivity contribution is -0.167. The number of unbranched alkanes of at least 4 members (excludes halogenated alkanes) is 39. The van der Waals surface area contributed by atoms with Crippen molar-refractivity contribution in [3.05, 3.63) is 48.6 Å².